The van der Waals surface area contributed by atoms with Crippen molar-refractivity contribution < 1.29 is 12.9 Å². The Bertz CT molecular complexity index is 565. The molecule has 0 unspecified atom stereocenters. The van der Waals surface area contributed by atoms with Gasteiger partial charge in [-0.2, -0.15) is 0 Å². The first-order valence-electron chi connectivity index (χ1n) is 5.61. The third-order valence-corrected chi connectivity index (χ3v) is 3.95. The zero-order chi connectivity index (χ0) is 12.8. The van der Waals surface area contributed by atoms with Crippen LogP contribution >= 0.6 is 0 Å². The second-order valence-corrected chi connectivity index (χ2v) is 5.61. The quantitative estimate of drug-likeness (QED) is 0.806. The van der Waals surface area contributed by atoms with E-state index in [1.165, 1.54) is 0 Å². The van der Waals surface area contributed by atoms with Crippen LogP contribution in [0.5, 0.6) is 0 Å². The van der Waals surface area contributed by atoms with E-state index in [9.17, 15) is 8.42 Å². The highest BCUT2D eigenvalue weighted by Gasteiger charge is 2.11. The van der Waals surface area contributed by atoms with Crippen molar-refractivity contribution in [2.24, 2.45) is 0 Å². The lowest BCUT2D eigenvalue weighted by Crippen LogP contribution is -2.25. The lowest BCUT2D eigenvalue weighted by molar-refractivity contribution is 0.418. The van der Waals surface area contributed by atoms with Crippen molar-refractivity contribution in [1.82, 2.24) is 9.88 Å². The molecule has 0 aliphatic heterocycles. The van der Waals surface area contributed by atoms with Gasteiger partial charge >= 0.3 is 0 Å². The number of rotatable bonds is 6. The van der Waals surface area contributed by atoms with Crippen molar-refractivity contribution in [2.45, 2.75) is 17.7 Å². The Kier molecular flexibility index (Phi) is 4.11. The minimum absolute atomic E-state index is 0.287. The molecule has 0 fully saturated rings. The summed E-state index contributed by atoms with van der Waals surface area (Å²) in [4.78, 5) is 0.287. The van der Waals surface area contributed by atoms with Crippen LogP contribution in [-0.2, 0) is 16.4 Å². The zero-order valence-electron chi connectivity index (χ0n) is 9.74. The Hall–Kier alpha value is -1.66. The molecular weight excluding hydrogens is 252 g/mol. The molecule has 96 valence electrons. The molecule has 1 heterocycles. The average Bonchev–Trinajstić information content (AvgIpc) is 2.89. The largest absolute Gasteiger partial charge is 0.364 e. The summed E-state index contributed by atoms with van der Waals surface area (Å²) in [5.74, 6) is 0. The van der Waals surface area contributed by atoms with Crippen LogP contribution in [0.1, 0.15) is 12.0 Å². The van der Waals surface area contributed by atoms with Crippen LogP contribution in [0.4, 0.5) is 0 Å². The first kappa shape index (κ1) is 12.8. The van der Waals surface area contributed by atoms with Crippen LogP contribution < -0.4 is 4.72 Å². The third-order valence-electron chi connectivity index (χ3n) is 2.47. The fraction of sp³-hybridized carbons (Fsp3) is 0.250. The van der Waals surface area contributed by atoms with E-state index in [1.54, 1.807) is 42.8 Å². The van der Waals surface area contributed by atoms with Crippen LogP contribution in [0, 0.1) is 0 Å². The molecule has 0 radical (unpaired) electrons. The number of aryl methyl sites for hydroxylation is 1. The van der Waals surface area contributed by atoms with Gasteiger partial charge in [-0.25, -0.2) is 13.1 Å². The van der Waals surface area contributed by atoms with Crippen LogP contribution in [0.15, 0.2) is 52.2 Å². The summed E-state index contributed by atoms with van der Waals surface area (Å²) in [6.07, 6.45) is 4.63. The van der Waals surface area contributed by atoms with Gasteiger partial charge in [0.15, 0.2) is 0 Å². The fourth-order valence-corrected chi connectivity index (χ4v) is 2.63. The maximum atomic E-state index is 11.9. The number of aromatic nitrogens is 1. The third kappa shape index (κ3) is 3.41. The maximum Gasteiger partial charge on any atom is 0.240 e. The molecule has 6 heteroatoms. The van der Waals surface area contributed by atoms with Gasteiger partial charge in [-0.05, 0) is 25.0 Å². The standard InChI is InChI=1S/C12H14N2O3S/c15-18(16,12-6-2-1-3-7-12)14-8-4-5-11-9-13-17-10-11/h1-3,6-7,9-10,14H,4-5,8H2. The average molecular weight is 266 g/mol. The van der Waals surface area contributed by atoms with Gasteiger partial charge in [-0.15, -0.1) is 0 Å². The van der Waals surface area contributed by atoms with Gasteiger partial charge in [0, 0.05) is 12.1 Å². The summed E-state index contributed by atoms with van der Waals surface area (Å²) in [5.41, 5.74) is 0.967. The predicted octanol–water partition coefficient (Wildman–Crippen LogP) is 1.59. The number of sulfonamides is 1. The van der Waals surface area contributed by atoms with Gasteiger partial charge in [0.1, 0.15) is 6.26 Å². The summed E-state index contributed by atoms with van der Waals surface area (Å²) in [7, 11) is -3.39. The van der Waals surface area contributed by atoms with E-state index in [0.29, 0.717) is 13.0 Å². The first-order chi connectivity index (χ1) is 8.68. The Morgan fingerprint density at radius 1 is 1.22 bits per heavy atom. The smallest absolute Gasteiger partial charge is 0.240 e. The predicted molar refractivity (Wildman–Crippen MR) is 66.5 cm³/mol. The van der Waals surface area contributed by atoms with Gasteiger partial charge in [0.05, 0.1) is 11.1 Å². The molecule has 2 aromatic rings. The lowest BCUT2D eigenvalue weighted by Gasteiger charge is -2.05. The van der Waals surface area contributed by atoms with Gasteiger partial charge in [-0.3, -0.25) is 0 Å². The summed E-state index contributed by atoms with van der Waals surface area (Å²) < 4.78 is 31.0. The summed E-state index contributed by atoms with van der Waals surface area (Å²) in [6, 6.07) is 8.33. The van der Waals surface area contributed by atoms with E-state index in [-0.39, 0.29) is 4.90 Å². The van der Waals surface area contributed by atoms with Crippen LogP contribution in [0.2, 0.25) is 0 Å². The zero-order valence-corrected chi connectivity index (χ0v) is 10.6. The van der Waals surface area contributed by atoms with Crippen LogP contribution in [0.3, 0.4) is 0 Å². The molecule has 0 spiro atoms. The number of hydrogen-bond acceptors (Lipinski definition) is 4. The molecule has 0 aliphatic carbocycles. The number of nitrogens with zero attached hydrogens (tertiary/aromatic N) is 1. The molecule has 0 aliphatic rings. The van der Waals surface area contributed by atoms with Crippen molar-refractivity contribution in [2.75, 3.05) is 6.54 Å². The molecule has 2 rings (SSSR count). The van der Waals surface area contributed by atoms with E-state index in [4.69, 9.17) is 4.52 Å². The molecule has 18 heavy (non-hydrogen) atoms. The van der Waals surface area contributed by atoms with Crippen molar-refractivity contribution in [3.8, 4) is 0 Å². The van der Waals surface area contributed by atoms with Gasteiger partial charge in [0.2, 0.25) is 10.0 Å². The minimum Gasteiger partial charge on any atom is -0.364 e. The fourth-order valence-electron chi connectivity index (χ4n) is 1.53. The summed E-state index contributed by atoms with van der Waals surface area (Å²) in [5, 5.41) is 3.58. The lowest BCUT2D eigenvalue weighted by atomic mass is 10.2. The normalized spacial score (nSPS) is 11.6. The van der Waals surface area contributed by atoms with E-state index in [0.717, 1.165) is 12.0 Å². The van der Waals surface area contributed by atoms with Crippen molar-refractivity contribution >= 4 is 10.0 Å². The second kappa shape index (κ2) is 5.79. The monoisotopic (exact) mass is 266 g/mol. The number of nitrogens with one attached hydrogen (secondary N) is 1. The molecule has 0 saturated carbocycles. The SMILES string of the molecule is O=S(=O)(NCCCc1cnoc1)c1ccccc1. The topological polar surface area (TPSA) is 72.2 Å². The molecule has 1 aromatic heterocycles. The van der Waals surface area contributed by atoms with E-state index in [2.05, 4.69) is 9.88 Å². The molecule has 0 atom stereocenters. The molecular formula is C12H14N2O3S. The van der Waals surface area contributed by atoms with Crippen LogP contribution in [-0.4, -0.2) is 20.1 Å². The highest BCUT2D eigenvalue weighted by molar-refractivity contribution is 7.89. The molecule has 1 aromatic carbocycles. The number of benzene rings is 1. The maximum absolute atomic E-state index is 11.9. The molecule has 0 saturated heterocycles. The first-order valence-corrected chi connectivity index (χ1v) is 7.10. The Morgan fingerprint density at radius 2 is 2.00 bits per heavy atom. The summed E-state index contributed by atoms with van der Waals surface area (Å²) >= 11 is 0. The Labute approximate surface area is 106 Å². The Balaban J connectivity index is 1.83. The highest BCUT2D eigenvalue weighted by atomic mass is 32.2. The molecule has 0 bridgehead atoms. The van der Waals surface area contributed by atoms with Gasteiger partial charge in [-0.1, -0.05) is 23.4 Å². The van der Waals surface area contributed by atoms with E-state index in [1.807, 2.05) is 0 Å². The van der Waals surface area contributed by atoms with Crippen molar-refractivity contribution in [1.29, 1.82) is 0 Å². The highest BCUT2D eigenvalue weighted by Crippen LogP contribution is 2.07. The van der Waals surface area contributed by atoms with Crippen LogP contribution in [0.25, 0.3) is 0 Å². The van der Waals surface area contributed by atoms with E-state index < -0.39 is 10.0 Å². The van der Waals surface area contributed by atoms with Gasteiger partial charge < -0.3 is 4.52 Å². The number of hydrogen-bond donors (Lipinski definition) is 1. The Morgan fingerprint density at radius 3 is 2.67 bits per heavy atom. The molecule has 0 amide bonds. The van der Waals surface area contributed by atoms with E-state index >= 15 is 0 Å². The minimum atomic E-state index is -3.39. The molecule has 1 N–H and O–H groups in total. The second-order valence-electron chi connectivity index (χ2n) is 3.85. The summed E-state index contributed by atoms with van der Waals surface area (Å²) in [6.45, 7) is 0.391. The molecule has 5 nitrogen and oxygen atoms in total. The van der Waals surface area contributed by atoms with Crippen molar-refractivity contribution in [3.63, 3.8) is 0 Å². The van der Waals surface area contributed by atoms with Gasteiger partial charge in [0.25, 0.3) is 0 Å². The van der Waals surface area contributed by atoms with Crippen molar-refractivity contribution in [3.05, 3.63) is 48.4 Å².